The molecular weight excluding hydrogens is 598 g/mol. The van der Waals surface area contributed by atoms with E-state index in [4.69, 9.17) is 9.47 Å². The minimum absolute atomic E-state index is 0.0241. The Balaban J connectivity index is 2.09. The maximum atomic E-state index is 14.0. The van der Waals surface area contributed by atoms with Gasteiger partial charge >= 0.3 is 0 Å². The largest absolute Gasteiger partial charge is 0.493 e. The van der Waals surface area contributed by atoms with Crippen molar-refractivity contribution in [2.24, 2.45) is 0 Å². The van der Waals surface area contributed by atoms with Crippen LogP contribution in [0.1, 0.15) is 25.0 Å². The molecule has 0 aromatic heterocycles. The molecule has 0 heterocycles. The molecule has 9 nitrogen and oxygen atoms in total. The van der Waals surface area contributed by atoms with Crippen molar-refractivity contribution >= 4 is 43.5 Å². The molecule has 0 bridgehead atoms. The molecule has 1 atom stereocenters. The summed E-state index contributed by atoms with van der Waals surface area (Å²) in [7, 11) is -1.28. The topological polar surface area (TPSA) is 105 Å². The zero-order chi connectivity index (χ0) is 29.4. The molecule has 0 unspecified atom stereocenters. The predicted octanol–water partition coefficient (Wildman–Crippen LogP) is 4.52. The van der Waals surface area contributed by atoms with Crippen LogP contribution in [0, 0.1) is 6.92 Å². The lowest BCUT2D eigenvalue weighted by atomic mass is 10.1. The van der Waals surface area contributed by atoms with Gasteiger partial charge in [0.25, 0.3) is 10.0 Å². The Morgan fingerprint density at radius 2 is 1.65 bits per heavy atom. The quantitative estimate of drug-likeness (QED) is 0.315. The summed E-state index contributed by atoms with van der Waals surface area (Å²) in [6.07, 6.45) is 0. The molecule has 40 heavy (non-hydrogen) atoms. The first kappa shape index (κ1) is 31.0. The zero-order valence-electron chi connectivity index (χ0n) is 23.2. The molecule has 0 saturated heterocycles. The average molecular weight is 633 g/mol. The van der Waals surface area contributed by atoms with Crippen LogP contribution in [0.3, 0.4) is 0 Å². The number of likely N-dealkylation sites (N-methyl/N-ethyl adjacent to an activating group) is 1. The van der Waals surface area contributed by atoms with Crippen molar-refractivity contribution in [2.45, 2.75) is 38.3 Å². The van der Waals surface area contributed by atoms with Crippen LogP contribution in [-0.2, 0) is 26.2 Å². The molecule has 2 amide bonds. The van der Waals surface area contributed by atoms with Crippen LogP contribution in [0.25, 0.3) is 0 Å². The second-order valence-electron chi connectivity index (χ2n) is 9.09. The second kappa shape index (κ2) is 13.7. The van der Waals surface area contributed by atoms with Crippen molar-refractivity contribution < 1.29 is 27.5 Å². The third-order valence-corrected chi connectivity index (χ3v) is 8.58. The number of rotatable bonds is 12. The number of anilines is 1. The molecule has 0 aliphatic rings. The van der Waals surface area contributed by atoms with Crippen LogP contribution in [0.4, 0.5) is 5.69 Å². The number of nitrogens with one attached hydrogen (secondary N) is 1. The number of aryl methyl sites for hydroxylation is 1. The summed E-state index contributed by atoms with van der Waals surface area (Å²) in [4.78, 5) is 28.2. The highest BCUT2D eigenvalue weighted by Crippen LogP contribution is 2.34. The number of methoxy groups -OCH3 is 2. The predicted molar refractivity (Wildman–Crippen MR) is 158 cm³/mol. The van der Waals surface area contributed by atoms with Gasteiger partial charge in [-0.05, 0) is 62.7 Å². The van der Waals surface area contributed by atoms with Gasteiger partial charge in [0.2, 0.25) is 11.8 Å². The van der Waals surface area contributed by atoms with Gasteiger partial charge < -0.3 is 19.7 Å². The molecule has 214 valence electrons. The van der Waals surface area contributed by atoms with Crippen molar-refractivity contribution in [1.82, 2.24) is 10.2 Å². The minimum Gasteiger partial charge on any atom is -0.493 e. The molecule has 11 heteroatoms. The summed E-state index contributed by atoms with van der Waals surface area (Å²) in [5.74, 6) is -0.182. The highest BCUT2D eigenvalue weighted by molar-refractivity contribution is 9.10. The van der Waals surface area contributed by atoms with Crippen LogP contribution >= 0.6 is 15.9 Å². The van der Waals surface area contributed by atoms with E-state index in [9.17, 15) is 18.0 Å². The molecule has 0 fully saturated rings. The van der Waals surface area contributed by atoms with Crippen molar-refractivity contribution in [3.8, 4) is 11.5 Å². The number of hydrogen-bond acceptors (Lipinski definition) is 6. The standard InChI is InChI=1S/C29H34BrN3O6S/c1-6-31-29(35)21(3)32(18-22-8-7-9-23(30)16-22)28(34)19-33(24-12-15-26(38-4)27(17-24)39-5)40(36,37)25-13-10-20(2)11-14-25/h7-17,21H,6,18-19H2,1-5H3,(H,31,35)/t21-/m0/s1. The van der Waals surface area contributed by atoms with Gasteiger partial charge in [0.15, 0.2) is 11.5 Å². The smallest absolute Gasteiger partial charge is 0.264 e. The number of carbonyl (C=O) groups excluding carboxylic acids is 2. The number of ether oxygens (including phenoxy) is 2. The minimum atomic E-state index is -4.20. The highest BCUT2D eigenvalue weighted by atomic mass is 79.9. The van der Waals surface area contributed by atoms with Crippen molar-refractivity contribution in [3.05, 3.63) is 82.3 Å². The number of benzene rings is 3. The normalized spacial score (nSPS) is 11.8. The van der Waals surface area contributed by atoms with E-state index in [-0.39, 0.29) is 23.0 Å². The summed E-state index contributed by atoms with van der Waals surface area (Å²) < 4.78 is 40.5. The Kier molecular flexibility index (Phi) is 10.6. The fourth-order valence-corrected chi connectivity index (χ4v) is 5.94. The van der Waals surface area contributed by atoms with E-state index in [0.717, 1.165) is 19.9 Å². The Labute approximate surface area is 244 Å². The molecule has 3 aromatic rings. The van der Waals surface area contributed by atoms with E-state index in [0.29, 0.717) is 18.0 Å². The van der Waals surface area contributed by atoms with E-state index >= 15 is 0 Å². The maximum Gasteiger partial charge on any atom is 0.264 e. The summed E-state index contributed by atoms with van der Waals surface area (Å²) in [5.41, 5.74) is 1.88. The number of carbonyl (C=O) groups is 2. The van der Waals surface area contributed by atoms with Crippen molar-refractivity contribution in [1.29, 1.82) is 0 Å². The first-order chi connectivity index (χ1) is 19.0. The number of hydrogen-bond donors (Lipinski definition) is 1. The number of halogens is 1. The molecule has 1 N–H and O–H groups in total. The monoisotopic (exact) mass is 631 g/mol. The molecular formula is C29H34BrN3O6S. The van der Waals surface area contributed by atoms with Crippen LogP contribution < -0.4 is 19.1 Å². The van der Waals surface area contributed by atoms with Crippen molar-refractivity contribution in [2.75, 3.05) is 31.6 Å². The first-order valence-electron chi connectivity index (χ1n) is 12.6. The van der Waals surface area contributed by atoms with E-state index in [1.54, 1.807) is 38.1 Å². The SMILES string of the molecule is CCNC(=O)[C@H](C)N(Cc1cccc(Br)c1)C(=O)CN(c1ccc(OC)c(OC)c1)S(=O)(=O)c1ccc(C)cc1. The van der Waals surface area contributed by atoms with Crippen LogP contribution in [0.5, 0.6) is 11.5 Å². The highest BCUT2D eigenvalue weighted by Gasteiger charge is 2.33. The average Bonchev–Trinajstić information content (AvgIpc) is 2.94. The lowest BCUT2D eigenvalue weighted by molar-refractivity contribution is -0.139. The van der Waals surface area contributed by atoms with E-state index in [1.165, 1.54) is 37.3 Å². The molecule has 3 rings (SSSR count). The van der Waals surface area contributed by atoms with Gasteiger partial charge in [-0.15, -0.1) is 0 Å². The van der Waals surface area contributed by atoms with E-state index < -0.39 is 28.5 Å². The fraction of sp³-hybridized carbons (Fsp3) is 0.310. The Morgan fingerprint density at radius 3 is 2.25 bits per heavy atom. The molecule has 0 aliphatic carbocycles. The van der Waals surface area contributed by atoms with Crippen molar-refractivity contribution in [3.63, 3.8) is 0 Å². The van der Waals surface area contributed by atoms with Crippen LogP contribution in [-0.4, -0.2) is 58.5 Å². The van der Waals surface area contributed by atoms with Crippen LogP contribution in [0.15, 0.2) is 76.1 Å². The number of nitrogens with zero attached hydrogens (tertiary/aromatic N) is 2. The summed E-state index contributed by atoms with van der Waals surface area (Å²) in [6.45, 7) is 5.20. The second-order valence-corrected chi connectivity index (χ2v) is 11.9. The summed E-state index contributed by atoms with van der Waals surface area (Å²) in [5, 5.41) is 2.75. The fourth-order valence-electron chi connectivity index (χ4n) is 4.08. The third kappa shape index (κ3) is 7.33. The van der Waals surface area contributed by atoms with E-state index in [1.807, 2.05) is 31.2 Å². The Bertz CT molecular complexity index is 1450. The third-order valence-electron chi connectivity index (χ3n) is 6.30. The molecule has 0 spiro atoms. The van der Waals surface area contributed by atoms with Gasteiger partial charge in [-0.25, -0.2) is 8.42 Å². The molecule has 3 aromatic carbocycles. The van der Waals surface area contributed by atoms with Gasteiger partial charge in [0.05, 0.1) is 24.8 Å². The lowest BCUT2D eigenvalue weighted by Crippen LogP contribution is -2.51. The summed E-state index contributed by atoms with van der Waals surface area (Å²) in [6, 6.07) is 17.5. The number of amides is 2. The Morgan fingerprint density at radius 1 is 0.975 bits per heavy atom. The molecule has 0 saturated carbocycles. The van der Waals surface area contributed by atoms with Gasteiger partial charge in [-0.2, -0.15) is 0 Å². The van der Waals surface area contributed by atoms with Gasteiger partial charge in [-0.3, -0.25) is 13.9 Å². The zero-order valence-corrected chi connectivity index (χ0v) is 25.6. The maximum absolute atomic E-state index is 14.0. The van der Waals surface area contributed by atoms with Gasteiger partial charge in [0.1, 0.15) is 12.6 Å². The first-order valence-corrected chi connectivity index (χ1v) is 14.9. The number of sulfonamides is 1. The molecule has 0 radical (unpaired) electrons. The van der Waals surface area contributed by atoms with Gasteiger partial charge in [0, 0.05) is 23.6 Å². The van der Waals surface area contributed by atoms with Crippen LogP contribution in [0.2, 0.25) is 0 Å². The Hall–Kier alpha value is -3.57. The molecule has 0 aliphatic heterocycles. The lowest BCUT2D eigenvalue weighted by Gasteiger charge is -2.32. The summed E-state index contributed by atoms with van der Waals surface area (Å²) >= 11 is 3.44. The van der Waals surface area contributed by atoms with E-state index in [2.05, 4.69) is 21.2 Å². The van der Waals surface area contributed by atoms with Gasteiger partial charge in [-0.1, -0.05) is 45.8 Å².